The summed E-state index contributed by atoms with van der Waals surface area (Å²) in [6.45, 7) is 8.33. The van der Waals surface area contributed by atoms with Crippen LogP contribution in [0, 0.1) is 5.92 Å². The molecule has 2 aromatic carbocycles. The van der Waals surface area contributed by atoms with Crippen molar-refractivity contribution in [1.82, 2.24) is 5.32 Å². The van der Waals surface area contributed by atoms with E-state index in [0.29, 0.717) is 12.0 Å². The predicted octanol–water partition coefficient (Wildman–Crippen LogP) is 3.87. The lowest BCUT2D eigenvalue weighted by Gasteiger charge is -2.33. The number of nitrogens with zero attached hydrogens (tertiary/aromatic N) is 2. The summed E-state index contributed by atoms with van der Waals surface area (Å²) < 4.78 is 0. The van der Waals surface area contributed by atoms with Crippen LogP contribution >= 0.6 is 0 Å². The van der Waals surface area contributed by atoms with Crippen LogP contribution in [0.5, 0.6) is 0 Å². The van der Waals surface area contributed by atoms with Crippen molar-refractivity contribution in [3.63, 3.8) is 0 Å². The van der Waals surface area contributed by atoms with Crippen LogP contribution in [0.4, 0.5) is 11.4 Å². The number of imide groups is 1. The summed E-state index contributed by atoms with van der Waals surface area (Å²) in [5, 5.41) is 4.36. The Kier molecular flexibility index (Phi) is 5.50. The molecule has 6 heteroatoms. The lowest BCUT2D eigenvalue weighted by atomic mass is 9.97. The Morgan fingerprint density at radius 1 is 0.933 bits per heavy atom. The van der Waals surface area contributed by atoms with E-state index in [1.165, 1.54) is 12.8 Å². The summed E-state index contributed by atoms with van der Waals surface area (Å²) in [4.78, 5) is 41.1. The van der Waals surface area contributed by atoms with Gasteiger partial charge in [-0.25, -0.2) is 0 Å². The third-order valence-electron chi connectivity index (χ3n) is 6.35. The van der Waals surface area contributed by atoms with Crippen molar-refractivity contribution in [2.45, 2.75) is 52.5 Å². The maximum atomic E-state index is 13.2. The van der Waals surface area contributed by atoms with Crippen molar-refractivity contribution >= 4 is 39.9 Å². The molecule has 0 aromatic heterocycles. The van der Waals surface area contributed by atoms with Crippen LogP contribution in [-0.2, 0) is 9.59 Å². The summed E-state index contributed by atoms with van der Waals surface area (Å²) in [6, 6.07) is 9.23. The fraction of sp³-hybridized carbons (Fsp3) is 0.458. The monoisotopic (exact) mass is 407 g/mol. The van der Waals surface area contributed by atoms with Crippen molar-refractivity contribution < 1.29 is 14.4 Å². The number of carbonyl (C=O) groups is 3. The van der Waals surface area contributed by atoms with Crippen molar-refractivity contribution in [2.75, 3.05) is 22.9 Å². The quantitative estimate of drug-likeness (QED) is 0.768. The number of anilines is 2. The molecule has 3 amide bonds. The number of amides is 3. The first kappa shape index (κ1) is 20.4. The van der Waals surface area contributed by atoms with Gasteiger partial charge in [0.15, 0.2) is 0 Å². The van der Waals surface area contributed by atoms with Crippen molar-refractivity contribution in [1.29, 1.82) is 0 Å². The highest BCUT2D eigenvalue weighted by atomic mass is 16.2. The van der Waals surface area contributed by atoms with Crippen LogP contribution in [-0.4, -0.2) is 36.9 Å². The Bertz CT molecular complexity index is 1010. The van der Waals surface area contributed by atoms with Crippen LogP contribution in [0.15, 0.2) is 30.3 Å². The summed E-state index contributed by atoms with van der Waals surface area (Å²) in [7, 11) is 0. The van der Waals surface area contributed by atoms with E-state index in [1.807, 2.05) is 32.0 Å². The average Bonchev–Trinajstić information content (AvgIpc) is 3.04. The first-order chi connectivity index (χ1) is 14.5. The zero-order valence-corrected chi connectivity index (χ0v) is 17.9. The molecule has 3 aliphatic heterocycles. The molecule has 1 N–H and O–H groups in total. The van der Waals surface area contributed by atoms with Gasteiger partial charge in [-0.1, -0.05) is 32.9 Å². The highest BCUT2D eigenvalue weighted by Gasteiger charge is 2.41. The predicted molar refractivity (Wildman–Crippen MR) is 119 cm³/mol. The highest BCUT2D eigenvalue weighted by Crippen LogP contribution is 2.43. The van der Waals surface area contributed by atoms with Gasteiger partial charge >= 0.3 is 0 Å². The third-order valence-corrected chi connectivity index (χ3v) is 6.35. The zero-order chi connectivity index (χ0) is 21.4. The van der Waals surface area contributed by atoms with E-state index < -0.39 is 6.04 Å². The second kappa shape index (κ2) is 8.09. The first-order valence-corrected chi connectivity index (χ1v) is 11.0. The molecule has 0 radical (unpaired) electrons. The molecule has 3 heterocycles. The summed E-state index contributed by atoms with van der Waals surface area (Å²) in [6.07, 6.45) is 2.95. The van der Waals surface area contributed by atoms with E-state index in [1.54, 1.807) is 4.90 Å². The van der Waals surface area contributed by atoms with Gasteiger partial charge in [0.25, 0.3) is 5.91 Å². The number of rotatable bonds is 2. The van der Waals surface area contributed by atoms with Gasteiger partial charge in [-0.05, 0) is 43.4 Å². The van der Waals surface area contributed by atoms with Gasteiger partial charge in [-0.3, -0.25) is 24.6 Å². The fourth-order valence-corrected chi connectivity index (χ4v) is 4.75. The third kappa shape index (κ3) is 3.24. The zero-order valence-electron chi connectivity index (χ0n) is 17.9. The molecule has 2 fully saturated rings. The fourth-order valence-electron chi connectivity index (χ4n) is 4.75. The summed E-state index contributed by atoms with van der Waals surface area (Å²) >= 11 is 0. The smallest absolute Gasteiger partial charge is 0.259 e. The number of piperidine rings is 2. The van der Waals surface area contributed by atoms with Gasteiger partial charge in [-0.2, -0.15) is 0 Å². The number of nitrogens with one attached hydrogen (secondary N) is 1. The molecular formula is C24H29N3O3. The van der Waals surface area contributed by atoms with Crippen molar-refractivity contribution in [3.8, 4) is 0 Å². The molecule has 2 saturated heterocycles. The largest absolute Gasteiger partial charge is 0.371 e. The van der Waals surface area contributed by atoms with E-state index in [4.69, 9.17) is 0 Å². The Hall–Kier alpha value is -2.89. The number of carbonyl (C=O) groups excluding carboxylic acids is 3. The molecule has 0 aliphatic carbocycles. The molecular weight excluding hydrogens is 378 g/mol. The van der Waals surface area contributed by atoms with Gasteiger partial charge in [0.2, 0.25) is 11.8 Å². The standard InChI is InChI=1S/C22H23N3O3.C2H6/c1-13-9-11-24(12-10-13)16-5-6-17-20-14(16)3-2-4-15(20)22(28)25(17)18-7-8-19(26)23-21(18)27;1-2/h2-6,13,18H,7-12H2,1H3,(H,23,26,27);1-2H3. The normalized spacial score (nSPS) is 21.6. The maximum absolute atomic E-state index is 13.2. The number of hydrogen-bond acceptors (Lipinski definition) is 4. The molecule has 0 spiro atoms. The van der Waals surface area contributed by atoms with Crippen molar-refractivity contribution in [3.05, 3.63) is 35.9 Å². The van der Waals surface area contributed by atoms with Crippen LogP contribution in [0.1, 0.15) is 56.8 Å². The molecule has 158 valence electrons. The van der Waals surface area contributed by atoms with Crippen molar-refractivity contribution in [2.24, 2.45) is 5.92 Å². The van der Waals surface area contributed by atoms with E-state index in [2.05, 4.69) is 29.3 Å². The average molecular weight is 408 g/mol. The van der Waals surface area contributed by atoms with Crippen LogP contribution in [0.2, 0.25) is 0 Å². The van der Waals surface area contributed by atoms with E-state index in [-0.39, 0.29) is 24.1 Å². The molecule has 2 aromatic rings. The Labute approximate surface area is 177 Å². The lowest BCUT2D eigenvalue weighted by molar-refractivity contribution is -0.134. The molecule has 1 unspecified atom stereocenters. The van der Waals surface area contributed by atoms with Gasteiger partial charge in [0, 0.05) is 41.5 Å². The molecule has 3 aliphatic rings. The summed E-state index contributed by atoms with van der Waals surface area (Å²) in [5.74, 6) is -0.0676. The second-order valence-corrected chi connectivity index (χ2v) is 8.14. The van der Waals surface area contributed by atoms with Gasteiger partial charge in [0.05, 0.1) is 5.69 Å². The van der Waals surface area contributed by atoms with Crippen LogP contribution in [0.3, 0.4) is 0 Å². The minimum Gasteiger partial charge on any atom is -0.371 e. The molecule has 6 nitrogen and oxygen atoms in total. The SMILES string of the molecule is CC.CC1CCN(c2ccc3c4c(cccc24)C(=O)N3C2CCC(=O)NC2=O)CC1. The molecule has 5 rings (SSSR count). The Morgan fingerprint density at radius 3 is 2.33 bits per heavy atom. The second-order valence-electron chi connectivity index (χ2n) is 8.14. The maximum Gasteiger partial charge on any atom is 0.259 e. The number of benzene rings is 2. The topological polar surface area (TPSA) is 69.7 Å². The van der Waals surface area contributed by atoms with Gasteiger partial charge in [-0.15, -0.1) is 0 Å². The first-order valence-electron chi connectivity index (χ1n) is 11.0. The van der Waals surface area contributed by atoms with E-state index >= 15 is 0 Å². The molecule has 0 bridgehead atoms. The van der Waals surface area contributed by atoms with Crippen LogP contribution in [0.25, 0.3) is 10.8 Å². The molecule has 0 saturated carbocycles. The lowest BCUT2D eigenvalue weighted by Crippen LogP contribution is -2.53. The number of hydrogen-bond donors (Lipinski definition) is 1. The summed E-state index contributed by atoms with van der Waals surface area (Å²) in [5.41, 5.74) is 2.58. The molecule has 1 atom stereocenters. The van der Waals surface area contributed by atoms with Crippen LogP contribution < -0.4 is 15.1 Å². The molecule has 30 heavy (non-hydrogen) atoms. The highest BCUT2D eigenvalue weighted by molar-refractivity contribution is 6.28. The minimum atomic E-state index is -0.637. The van der Waals surface area contributed by atoms with E-state index in [9.17, 15) is 14.4 Å². The minimum absolute atomic E-state index is 0.153. The Morgan fingerprint density at radius 2 is 1.63 bits per heavy atom. The van der Waals surface area contributed by atoms with Gasteiger partial charge < -0.3 is 4.90 Å². The van der Waals surface area contributed by atoms with E-state index in [0.717, 1.165) is 41.2 Å². The van der Waals surface area contributed by atoms with Gasteiger partial charge in [0.1, 0.15) is 6.04 Å². The Balaban J connectivity index is 0.00000106.